The van der Waals surface area contributed by atoms with Gasteiger partial charge in [0.2, 0.25) is 0 Å². The minimum atomic E-state index is 0.533. The van der Waals surface area contributed by atoms with E-state index in [0.29, 0.717) is 24.5 Å². The Labute approximate surface area is 118 Å². The van der Waals surface area contributed by atoms with Crippen LogP contribution in [-0.2, 0) is 6.61 Å². The molecule has 0 aromatic heterocycles. The Morgan fingerprint density at radius 1 is 1.30 bits per heavy atom. The summed E-state index contributed by atoms with van der Waals surface area (Å²) in [6, 6.07) is 12.2. The molecule has 0 unspecified atom stereocenters. The highest BCUT2D eigenvalue weighted by Crippen LogP contribution is 2.44. The molecule has 3 nitrogen and oxygen atoms in total. The second-order valence-corrected chi connectivity index (χ2v) is 4.75. The molecule has 2 aromatic rings. The first-order chi connectivity index (χ1) is 9.76. The lowest BCUT2D eigenvalue weighted by atomic mass is 9.93. The van der Waals surface area contributed by atoms with Crippen molar-refractivity contribution < 1.29 is 9.47 Å². The second kappa shape index (κ2) is 4.90. The zero-order chi connectivity index (χ0) is 14.1. The fourth-order valence-electron chi connectivity index (χ4n) is 2.64. The summed E-state index contributed by atoms with van der Waals surface area (Å²) in [5, 5.41) is 9.35. The third-order valence-corrected chi connectivity index (χ3v) is 3.55. The summed E-state index contributed by atoms with van der Waals surface area (Å²) >= 11 is 0. The Balaban J connectivity index is 2.27. The van der Waals surface area contributed by atoms with E-state index in [0.717, 1.165) is 28.0 Å². The average molecular weight is 265 g/mol. The van der Waals surface area contributed by atoms with E-state index in [4.69, 9.17) is 9.47 Å². The average Bonchev–Trinajstić information content (AvgIpc) is 2.49. The molecule has 0 amide bonds. The van der Waals surface area contributed by atoms with Gasteiger partial charge in [0.05, 0.1) is 12.2 Å². The number of nitriles is 1. The highest BCUT2D eigenvalue weighted by Gasteiger charge is 2.23. The van der Waals surface area contributed by atoms with Crippen molar-refractivity contribution in [3.8, 4) is 28.7 Å². The lowest BCUT2D eigenvalue weighted by Gasteiger charge is -2.24. The van der Waals surface area contributed by atoms with Crippen molar-refractivity contribution in [2.75, 3.05) is 6.61 Å². The van der Waals surface area contributed by atoms with Crippen LogP contribution in [0.3, 0.4) is 0 Å². The van der Waals surface area contributed by atoms with Crippen LogP contribution in [0.1, 0.15) is 23.6 Å². The minimum absolute atomic E-state index is 0.533. The van der Waals surface area contributed by atoms with Crippen molar-refractivity contribution in [3.05, 3.63) is 47.0 Å². The molecule has 20 heavy (non-hydrogen) atoms. The van der Waals surface area contributed by atoms with E-state index in [1.807, 2.05) is 32.0 Å². The van der Waals surface area contributed by atoms with E-state index >= 15 is 0 Å². The maximum atomic E-state index is 9.35. The van der Waals surface area contributed by atoms with Gasteiger partial charge in [-0.3, -0.25) is 0 Å². The molecule has 0 aliphatic carbocycles. The molecule has 100 valence electrons. The number of hydrogen-bond acceptors (Lipinski definition) is 3. The van der Waals surface area contributed by atoms with Gasteiger partial charge in [0.15, 0.2) is 0 Å². The number of benzene rings is 2. The predicted molar refractivity (Wildman–Crippen MR) is 76.8 cm³/mol. The smallest absolute Gasteiger partial charge is 0.143 e. The first-order valence-corrected chi connectivity index (χ1v) is 6.67. The van der Waals surface area contributed by atoms with Crippen molar-refractivity contribution in [2.45, 2.75) is 20.5 Å². The van der Waals surface area contributed by atoms with Crippen LogP contribution in [-0.4, -0.2) is 6.61 Å². The van der Waals surface area contributed by atoms with Gasteiger partial charge in [-0.15, -0.1) is 0 Å². The van der Waals surface area contributed by atoms with Crippen molar-refractivity contribution >= 4 is 0 Å². The molecule has 0 spiro atoms. The van der Waals surface area contributed by atoms with Gasteiger partial charge in [0, 0.05) is 11.1 Å². The van der Waals surface area contributed by atoms with Crippen LogP contribution < -0.4 is 9.47 Å². The standard InChI is InChI=1S/C17H15NO2/c1-3-19-16-11(2)17-15(8-13(16)9-18)14-7-5-4-6-12(14)10-20-17/h4-8H,3,10H2,1-2H3. The molecule has 1 aliphatic heterocycles. The number of hydrogen-bond donors (Lipinski definition) is 0. The second-order valence-electron chi connectivity index (χ2n) is 4.75. The molecular formula is C17H15NO2. The fraction of sp³-hybridized carbons (Fsp3) is 0.235. The largest absolute Gasteiger partial charge is 0.492 e. The fourth-order valence-corrected chi connectivity index (χ4v) is 2.64. The Kier molecular flexibility index (Phi) is 3.08. The summed E-state index contributed by atoms with van der Waals surface area (Å²) in [5.74, 6) is 1.46. The van der Waals surface area contributed by atoms with E-state index in [1.165, 1.54) is 0 Å². The first-order valence-electron chi connectivity index (χ1n) is 6.67. The van der Waals surface area contributed by atoms with Gasteiger partial charge in [-0.1, -0.05) is 24.3 Å². The summed E-state index contributed by atoms with van der Waals surface area (Å²) in [5.41, 5.74) is 4.71. The number of ether oxygens (including phenoxy) is 2. The van der Waals surface area contributed by atoms with E-state index in [9.17, 15) is 5.26 Å². The van der Waals surface area contributed by atoms with Crippen LogP contribution in [0, 0.1) is 18.3 Å². The van der Waals surface area contributed by atoms with Crippen LogP contribution in [0.4, 0.5) is 0 Å². The predicted octanol–water partition coefficient (Wildman–Crippen LogP) is 3.82. The molecule has 3 rings (SSSR count). The summed E-state index contributed by atoms with van der Waals surface area (Å²) in [4.78, 5) is 0. The molecule has 0 atom stereocenters. The molecule has 2 aromatic carbocycles. The van der Waals surface area contributed by atoms with Crippen LogP contribution in [0.2, 0.25) is 0 Å². The molecule has 1 heterocycles. The van der Waals surface area contributed by atoms with Crippen molar-refractivity contribution in [1.82, 2.24) is 0 Å². The topological polar surface area (TPSA) is 42.2 Å². The Hall–Kier alpha value is -2.47. The maximum absolute atomic E-state index is 9.35. The van der Waals surface area contributed by atoms with Gasteiger partial charge in [0.25, 0.3) is 0 Å². The van der Waals surface area contributed by atoms with Gasteiger partial charge in [0.1, 0.15) is 24.2 Å². The molecule has 0 N–H and O–H groups in total. The first kappa shape index (κ1) is 12.6. The Bertz CT molecular complexity index is 714. The highest BCUT2D eigenvalue weighted by atomic mass is 16.5. The Morgan fingerprint density at radius 3 is 2.85 bits per heavy atom. The molecule has 1 aliphatic rings. The van der Waals surface area contributed by atoms with Crippen LogP contribution >= 0.6 is 0 Å². The lowest BCUT2D eigenvalue weighted by Crippen LogP contribution is -2.09. The molecule has 0 bridgehead atoms. The van der Waals surface area contributed by atoms with Crippen LogP contribution in [0.25, 0.3) is 11.1 Å². The zero-order valence-electron chi connectivity index (χ0n) is 11.6. The number of fused-ring (bicyclic) bond motifs is 3. The minimum Gasteiger partial charge on any atom is -0.492 e. The molecule has 0 radical (unpaired) electrons. The monoisotopic (exact) mass is 265 g/mol. The zero-order valence-corrected chi connectivity index (χ0v) is 11.6. The quantitative estimate of drug-likeness (QED) is 0.828. The van der Waals surface area contributed by atoms with Gasteiger partial charge >= 0.3 is 0 Å². The summed E-state index contributed by atoms with van der Waals surface area (Å²) in [6.45, 7) is 4.95. The van der Waals surface area contributed by atoms with Gasteiger partial charge in [-0.2, -0.15) is 5.26 Å². The van der Waals surface area contributed by atoms with Gasteiger partial charge in [-0.25, -0.2) is 0 Å². The van der Waals surface area contributed by atoms with Gasteiger partial charge < -0.3 is 9.47 Å². The van der Waals surface area contributed by atoms with E-state index < -0.39 is 0 Å². The van der Waals surface area contributed by atoms with Crippen molar-refractivity contribution in [1.29, 1.82) is 5.26 Å². The maximum Gasteiger partial charge on any atom is 0.143 e. The normalized spacial score (nSPS) is 11.8. The number of rotatable bonds is 2. The van der Waals surface area contributed by atoms with Crippen molar-refractivity contribution in [2.24, 2.45) is 0 Å². The summed E-state index contributed by atoms with van der Waals surface area (Å²) < 4.78 is 11.5. The summed E-state index contributed by atoms with van der Waals surface area (Å²) in [6.07, 6.45) is 0. The third kappa shape index (κ3) is 1.81. The van der Waals surface area contributed by atoms with Crippen LogP contribution in [0.15, 0.2) is 30.3 Å². The Morgan fingerprint density at radius 2 is 2.10 bits per heavy atom. The molecule has 3 heteroatoms. The molecule has 0 saturated heterocycles. The third-order valence-electron chi connectivity index (χ3n) is 3.55. The van der Waals surface area contributed by atoms with Crippen molar-refractivity contribution in [3.63, 3.8) is 0 Å². The molecule has 0 fully saturated rings. The van der Waals surface area contributed by atoms with E-state index in [-0.39, 0.29) is 0 Å². The van der Waals surface area contributed by atoms with Gasteiger partial charge in [-0.05, 0) is 31.0 Å². The lowest BCUT2D eigenvalue weighted by molar-refractivity contribution is 0.292. The molecular weight excluding hydrogens is 250 g/mol. The van der Waals surface area contributed by atoms with E-state index in [2.05, 4.69) is 18.2 Å². The van der Waals surface area contributed by atoms with E-state index in [1.54, 1.807) is 0 Å². The SMILES string of the molecule is CCOc1c(C#N)cc2c(c1C)OCc1ccccc1-2. The highest BCUT2D eigenvalue weighted by molar-refractivity contribution is 5.80. The molecule has 0 saturated carbocycles. The van der Waals surface area contributed by atoms with Crippen LogP contribution in [0.5, 0.6) is 11.5 Å². The number of nitrogens with zero attached hydrogens (tertiary/aromatic N) is 1. The summed E-state index contributed by atoms with van der Waals surface area (Å²) in [7, 11) is 0.